The summed E-state index contributed by atoms with van der Waals surface area (Å²) in [7, 11) is 2.84. The van der Waals surface area contributed by atoms with Crippen molar-refractivity contribution < 1.29 is 19.0 Å². The lowest BCUT2D eigenvalue weighted by atomic mass is 10.0. The Bertz CT molecular complexity index is 1130. The van der Waals surface area contributed by atoms with Crippen LogP contribution in [0, 0.1) is 0 Å². The van der Waals surface area contributed by atoms with E-state index in [0.717, 1.165) is 41.8 Å². The van der Waals surface area contributed by atoms with Crippen LogP contribution in [0.25, 0.3) is 5.57 Å². The van der Waals surface area contributed by atoms with E-state index in [9.17, 15) is 4.79 Å². The number of carbonyl (C=O) groups is 1. The minimum absolute atomic E-state index is 0.239. The summed E-state index contributed by atoms with van der Waals surface area (Å²) in [6, 6.07) is 17.3. The van der Waals surface area contributed by atoms with Gasteiger partial charge in [-0.05, 0) is 42.5 Å². The van der Waals surface area contributed by atoms with E-state index < -0.39 is 5.97 Å². The molecule has 0 unspecified atom stereocenters. The summed E-state index contributed by atoms with van der Waals surface area (Å²) >= 11 is 0. The fourth-order valence-electron chi connectivity index (χ4n) is 3.73. The van der Waals surface area contributed by atoms with Gasteiger partial charge in [0, 0.05) is 11.3 Å². The average molecular weight is 431 g/mol. The highest BCUT2D eigenvalue weighted by Crippen LogP contribution is 2.31. The molecule has 4 rings (SSSR count). The number of carbonyl (C=O) groups excluding carboxylic acids is 1. The molecule has 1 heterocycles. The Kier molecular flexibility index (Phi) is 6.65. The third kappa shape index (κ3) is 4.72. The first-order valence-electron chi connectivity index (χ1n) is 10.4. The molecule has 0 fully saturated rings. The molecule has 1 aliphatic carbocycles. The molecule has 0 spiro atoms. The minimum atomic E-state index is -0.475. The van der Waals surface area contributed by atoms with Crippen molar-refractivity contribution in [2.45, 2.75) is 25.9 Å². The van der Waals surface area contributed by atoms with Crippen LogP contribution in [0.2, 0.25) is 0 Å². The zero-order valence-electron chi connectivity index (χ0n) is 18.1. The largest absolute Gasteiger partial charge is 0.503 e. The third-order valence-electron chi connectivity index (χ3n) is 5.24. The summed E-state index contributed by atoms with van der Waals surface area (Å²) in [6.45, 7) is 0.239. The molecule has 0 radical (unpaired) electrons. The van der Waals surface area contributed by atoms with Crippen molar-refractivity contribution in [1.82, 2.24) is 9.97 Å². The number of fused-ring (bicyclic) bond motifs is 1. The topological polar surface area (TPSA) is 82.6 Å². The highest BCUT2D eigenvalue weighted by molar-refractivity contribution is 6.16. The van der Waals surface area contributed by atoms with Crippen molar-refractivity contribution in [3.05, 3.63) is 83.2 Å². The number of ether oxygens (including phenoxy) is 3. The number of anilines is 2. The van der Waals surface area contributed by atoms with Crippen LogP contribution in [0.1, 0.15) is 28.8 Å². The van der Waals surface area contributed by atoms with Crippen LogP contribution in [-0.2, 0) is 33.7 Å². The van der Waals surface area contributed by atoms with Gasteiger partial charge in [-0.2, -0.15) is 4.98 Å². The van der Waals surface area contributed by atoms with Crippen molar-refractivity contribution in [3.8, 4) is 5.88 Å². The van der Waals surface area contributed by atoms with Crippen LogP contribution in [0.3, 0.4) is 0 Å². The van der Waals surface area contributed by atoms with Gasteiger partial charge in [0.1, 0.15) is 12.2 Å². The summed E-state index contributed by atoms with van der Waals surface area (Å²) in [5.41, 5.74) is 4.80. The minimum Gasteiger partial charge on any atom is -0.503 e. The lowest BCUT2D eigenvalue weighted by Gasteiger charge is -2.15. The average Bonchev–Trinajstić information content (AvgIpc) is 3.30. The van der Waals surface area contributed by atoms with E-state index in [-0.39, 0.29) is 6.61 Å². The number of nitrogens with zero attached hydrogens (tertiary/aromatic N) is 2. The highest BCUT2D eigenvalue weighted by atomic mass is 16.5. The van der Waals surface area contributed by atoms with Crippen LogP contribution >= 0.6 is 0 Å². The Morgan fingerprint density at radius 3 is 2.59 bits per heavy atom. The molecular formula is C25H25N3O4. The number of methoxy groups -OCH3 is 2. The molecule has 0 atom stereocenters. The highest BCUT2D eigenvalue weighted by Gasteiger charge is 2.22. The van der Waals surface area contributed by atoms with E-state index >= 15 is 0 Å². The predicted octanol–water partition coefficient (Wildman–Crippen LogP) is 4.45. The van der Waals surface area contributed by atoms with E-state index in [0.29, 0.717) is 23.0 Å². The molecule has 0 saturated carbocycles. The summed E-state index contributed by atoms with van der Waals surface area (Å²) < 4.78 is 16.2. The second kappa shape index (κ2) is 9.96. The monoisotopic (exact) mass is 431 g/mol. The van der Waals surface area contributed by atoms with Gasteiger partial charge in [-0.25, -0.2) is 9.78 Å². The van der Waals surface area contributed by atoms with Gasteiger partial charge in [0.15, 0.2) is 0 Å². The molecule has 7 nitrogen and oxygen atoms in total. The molecule has 0 saturated heterocycles. The number of para-hydroxylation sites is 1. The van der Waals surface area contributed by atoms with Gasteiger partial charge in [0.05, 0.1) is 26.2 Å². The smallest absolute Gasteiger partial charge is 0.341 e. The number of aromatic nitrogens is 2. The lowest BCUT2D eigenvalue weighted by molar-refractivity contribution is -0.133. The number of aryl methyl sites for hydroxylation is 1. The first-order valence-corrected chi connectivity index (χ1v) is 10.4. The maximum atomic E-state index is 12.3. The molecule has 0 bridgehead atoms. The normalized spacial score (nSPS) is 12.8. The van der Waals surface area contributed by atoms with Crippen LogP contribution in [0.5, 0.6) is 5.88 Å². The quantitative estimate of drug-likeness (QED) is 0.321. The number of esters is 1. The van der Waals surface area contributed by atoms with Gasteiger partial charge >= 0.3 is 5.97 Å². The van der Waals surface area contributed by atoms with E-state index in [1.54, 1.807) is 0 Å². The predicted molar refractivity (Wildman–Crippen MR) is 122 cm³/mol. The van der Waals surface area contributed by atoms with E-state index in [1.165, 1.54) is 20.5 Å². The van der Waals surface area contributed by atoms with Gasteiger partial charge in [-0.15, -0.1) is 0 Å². The van der Waals surface area contributed by atoms with Crippen molar-refractivity contribution in [3.63, 3.8) is 0 Å². The Morgan fingerprint density at radius 2 is 1.81 bits per heavy atom. The molecule has 3 aromatic rings. The van der Waals surface area contributed by atoms with Crippen LogP contribution in [0.4, 0.5) is 11.6 Å². The lowest BCUT2D eigenvalue weighted by Crippen LogP contribution is -2.10. The summed E-state index contributed by atoms with van der Waals surface area (Å²) in [5, 5.41) is 3.25. The van der Waals surface area contributed by atoms with Crippen LogP contribution < -0.4 is 10.1 Å². The number of hydrogen-bond acceptors (Lipinski definition) is 7. The zero-order chi connectivity index (χ0) is 22.3. The maximum absolute atomic E-state index is 12.3. The molecule has 0 amide bonds. The Labute approximate surface area is 187 Å². The fourth-order valence-corrected chi connectivity index (χ4v) is 3.73. The summed E-state index contributed by atoms with van der Waals surface area (Å²) in [5.74, 6) is 0.599. The van der Waals surface area contributed by atoms with Gasteiger partial charge in [-0.3, -0.25) is 0 Å². The molecule has 1 aliphatic rings. The van der Waals surface area contributed by atoms with E-state index in [4.69, 9.17) is 14.2 Å². The third-order valence-corrected chi connectivity index (χ3v) is 5.24. The molecular weight excluding hydrogens is 406 g/mol. The Hall–Kier alpha value is -3.87. The van der Waals surface area contributed by atoms with Crippen LogP contribution in [0.15, 0.2) is 60.9 Å². The standard InChI is InChI=1S/C25H25N3O4/c1-30-16-21(24(29)31-2)19-12-7-6-9-17(19)15-32-23-20-13-8-14-22(20)27-25(28-23)26-18-10-4-3-5-11-18/h3-7,9-12,16H,8,13-15H2,1-2H3,(H,26,27,28)/b21-16-. The molecule has 7 heteroatoms. The van der Waals surface area contributed by atoms with Gasteiger partial charge in [-0.1, -0.05) is 42.5 Å². The molecule has 2 aromatic carbocycles. The van der Waals surface area contributed by atoms with Gasteiger partial charge in [0.2, 0.25) is 11.8 Å². The number of benzene rings is 2. The second-order valence-electron chi connectivity index (χ2n) is 7.33. The molecule has 32 heavy (non-hydrogen) atoms. The Balaban J connectivity index is 1.61. The van der Waals surface area contributed by atoms with Gasteiger partial charge < -0.3 is 19.5 Å². The summed E-state index contributed by atoms with van der Waals surface area (Å²) in [6.07, 6.45) is 4.19. The summed E-state index contributed by atoms with van der Waals surface area (Å²) in [4.78, 5) is 21.6. The molecule has 1 aromatic heterocycles. The van der Waals surface area contributed by atoms with E-state index in [1.807, 2.05) is 54.6 Å². The number of nitrogens with one attached hydrogen (secondary N) is 1. The van der Waals surface area contributed by atoms with Crippen molar-refractivity contribution in [1.29, 1.82) is 0 Å². The first-order chi connectivity index (χ1) is 15.7. The molecule has 164 valence electrons. The van der Waals surface area contributed by atoms with E-state index in [2.05, 4.69) is 15.3 Å². The van der Waals surface area contributed by atoms with Gasteiger partial charge in [0.25, 0.3) is 0 Å². The molecule has 1 N–H and O–H groups in total. The number of rotatable bonds is 8. The maximum Gasteiger partial charge on any atom is 0.341 e. The van der Waals surface area contributed by atoms with Crippen molar-refractivity contribution >= 4 is 23.2 Å². The fraction of sp³-hybridized carbons (Fsp3) is 0.240. The van der Waals surface area contributed by atoms with Crippen LogP contribution in [-0.4, -0.2) is 30.2 Å². The first kappa shape index (κ1) is 21.4. The number of hydrogen-bond donors (Lipinski definition) is 1. The molecule has 0 aliphatic heterocycles. The second-order valence-corrected chi connectivity index (χ2v) is 7.33. The van der Waals surface area contributed by atoms with Crippen molar-refractivity contribution in [2.24, 2.45) is 0 Å². The Morgan fingerprint density at radius 1 is 1.03 bits per heavy atom. The van der Waals surface area contributed by atoms with Crippen molar-refractivity contribution in [2.75, 3.05) is 19.5 Å². The zero-order valence-corrected chi connectivity index (χ0v) is 18.1. The SMILES string of the molecule is CO/C=C(\C(=O)OC)c1ccccc1COc1nc(Nc2ccccc2)nc2c1CCC2.